The first-order valence-electron chi connectivity index (χ1n) is 9.04. The minimum atomic E-state index is -0.409. The molecule has 144 valence electrons. The average molecular weight is 398 g/mol. The molecule has 0 aliphatic carbocycles. The summed E-state index contributed by atoms with van der Waals surface area (Å²) < 4.78 is 4.73. The summed E-state index contributed by atoms with van der Waals surface area (Å²) in [6.07, 6.45) is 2.35. The molecule has 1 aromatic rings. The van der Waals surface area contributed by atoms with Gasteiger partial charge in [0.1, 0.15) is 0 Å². The van der Waals surface area contributed by atoms with Crippen LogP contribution in [0.15, 0.2) is 18.2 Å². The molecule has 0 radical (unpaired) electrons. The van der Waals surface area contributed by atoms with E-state index in [2.05, 4.69) is 29.4 Å². The molecule has 1 heterocycles. The van der Waals surface area contributed by atoms with Crippen molar-refractivity contribution in [3.63, 3.8) is 0 Å². The Morgan fingerprint density at radius 1 is 1.35 bits per heavy atom. The summed E-state index contributed by atoms with van der Waals surface area (Å²) in [4.78, 5) is 14.2. The largest absolute Gasteiger partial charge is 0.465 e. The van der Waals surface area contributed by atoms with E-state index in [0.717, 1.165) is 31.3 Å². The highest BCUT2D eigenvalue weighted by molar-refractivity contribution is 7.80. The molecule has 0 amide bonds. The van der Waals surface area contributed by atoms with Crippen molar-refractivity contribution in [2.24, 2.45) is 11.8 Å². The van der Waals surface area contributed by atoms with Gasteiger partial charge in [-0.15, -0.1) is 0 Å². The second-order valence-electron chi connectivity index (χ2n) is 7.13. The van der Waals surface area contributed by atoms with Gasteiger partial charge >= 0.3 is 5.97 Å². The maximum atomic E-state index is 11.6. The van der Waals surface area contributed by atoms with Crippen LogP contribution in [0, 0.1) is 11.8 Å². The molecule has 2 N–H and O–H groups in total. The van der Waals surface area contributed by atoms with Gasteiger partial charge in [0.15, 0.2) is 5.11 Å². The van der Waals surface area contributed by atoms with Gasteiger partial charge in [-0.3, -0.25) is 0 Å². The quantitative estimate of drug-likeness (QED) is 0.433. The molecule has 5 nitrogen and oxygen atoms in total. The van der Waals surface area contributed by atoms with E-state index in [9.17, 15) is 4.79 Å². The lowest BCUT2D eigenvalue weighted by atomic mass is 9.92. The maximum absolute atomic E-state index is 11.6. The molecule has 0 unspecified atom stereocenters. The number of anilines is 1. The minimum absolute atomic E-state index is 0.409. The Balaban J connectivity index is 1.76. The molecule has 7 heteroatoms. The topological polar surface area (TPSA) is 53.6 Å². The van der Waals surface area contributed by atoms with Crippen molar-refractivity contribution in [1.29, 1.82) is 0 Å². The lowest BCUT2D eigenvalue weighted by molar-refractivity contribution is 0.0601. The number of benzene rings is 1. The Labute approximate surface area is 166 Å². The van der Waals surface area contributed by atoms with Crippen molar-refractivity contribution < 1.29 is 9.53 Å². The third-order valence-electron chi connectivity index (χ3n) is 4.52. The second kappa shape index (κ2) is 10.1. The van der Waals surface area contributed by atoms with Gasteiger partial charge < -0.3 is 20.3 Å². The molecular formula is C19H28ClN3O2S. The highest BCUT2D eigenvalue weighted by Gasteiger charge is 2.21. The molecule has 2 rings (SSSR count). The second-order valence-corrected chi connectivity index (χ2v) is 7.94. The van der Waals surface area contributed by atoms with Crippen LogP contribution in [-0.2, 0) is 4.74 Å². The van der Waals surface area contributed by atoms with E-state index >= 15 is 0 Å². The van der Waals surface area contributed by atoms with E-state index in [1.807, 2.05) is 0 Å². The average Bonchev–Trinajstić information content (AvgIpc) is 2.59. The SMILES string of the molecule is COC(=O)c1ccc(Cl)c(NC(=S)NCCCN2C[C@H](C)C[C@H](C)C2)c1. The highest BCUT2D eigenvalue weighted by Crippen LogP contribution is 2.23. The van der Waals surface area contributed by atoms with Crippen molar-refractivity contribution in [2.75, 3.05) is 38.6 Å². The first-order valence-corrected chi connectivity index (χ1v) is 9.82. The molecule has 26 heavy (non-hydrogen) atoms. The summed E-state index contributed by atoms with van der Waals surface area (Å²) in [5, 5.41) is 7.24. The van der Waals surface area contributed by atoms with E-state index < -0.39 is 5.97 Å². The molecule has 0 spiro atoms. The van der Waals surface area contributed by atoms with E-state index in [1.165, 1.54) is 26.6 Å². The first kappa shape index (κ1) is 20.9. The molecular weight excluding hydrogens is 370 g/mol. The summed E-state index contributed by atoms with van der Waals surface area (Å²) in [5.74, 6) is 1.14. The summed E-state index contributed by atoms with van der Waals surface area (Å²) in [6, 6.07) is 4.91. The number of thiocarbonyl (C=S) groups is 1. The number of carbonyl (C=O) groups is 1. The Morgan fingerprint density at radius 3 is 2.69 bits per heavy atom. The van der Waals surface area contributed by atoms with Crippen LogP contribution in [-0.4, -0.2) is 49.3 Å². The van der Waals surface area contributed by atoms with Gasteiger partial charge in [0.25, 0.3) is 0 Å². The number of carbonyl (C=O) groups excluding carboxylic acids is 1. The molecule has 1 saturated heterocycles. The third kappa shape index (κ3) is 6.41. The molecule has 1 aliphatic heterocycles. The molecule has 0 saturated carbocycles. The number of rotatable bonds is 6. The van der Waals surface area contributed by atoms with E-state index in [4.69, 9.17) is 28.6 Å². The third-order valence-corrected chi connectivity index (χ3v) is 5.09. The number of nitrogens with zero attached hydrogens (tertiary/aromatic N) is 1. The first-order chi connectivity index (χ1) is 12.4. The number of hydrogen-bond donors (Lipinski definition) is 2. The fraction of sp³-hybridized carbons (Fsp3) is 0.579. The Kier molecular flexibility index (Phi) is 8.13. The van der Waals surface area contributed by atoms with Crippen molar-refractivity contribution in [3.8, 4) is 0 Å². The Morgan fingerprint density at radius 2 is 2.04 bits per heavy atom. The number of likely N-dealkylation sites (tertiary alicyclic amines) is 1. The smallest absolute Gasteiger partial charge is 0.337 e. The number of ether oxygens (including phenoxy) is 1. The standard InChI is InChI=1S/C19H28ClN3O2S/c1-13-9-14(2)12-23(11-13)8-4-7-21-19(26)22-17-10-15(18(24)25-3)5-6-16(17)20/h5-6,10,13-14H,4,7-9,11-12H2,1-3H3,(H2,21,22,26)/t13-,14+. The van der Waals surface area contributed by atoms with Crippen molar-refractivity contribution in [1.82, 2.24) is 10.2 Å². The van der Waals surface area contributed by atoms with Crippen LogP contribution in [0.2, 0.25) is 5.02 Å². The van der Waals surface area contributed by atoms with Gasteiger partial charge in [-0.05, 0) is 61.6 Å². The van der Waals surface area contributed by atoms with Crippen LogP contribution >= 0.6 is 23.8 Å². The summed E-state index contributed by atoms with van der Waals surface area (Å²) >= 11 is 11.5. The predicted octanol–water partition coefficient (Wildman–Crippen LogP) is 3.78. The van der Waals surface area contributed by atoms with Gasteiger partial charge in [0.05, 0.1) is 23.4 Å². The number of hydrogen-bond acceptors (Lipinski definition) is 4. The number of halogens is 1. The summed E-state index contributed by atoms with van der Waals surface area (Å²) in [5.41, 5.74) is 1.02. The number of methoxy groups -OCH3 is 1. The van der Waals surface area contributed by atoms with E-state index in [1.54, 1.807) is 18.2 Å². The van der Waals surface area contributed by atoms with Crippen LogP contribution in [0.3, 0.4) is 0 Å². The molecule has 1 fully saturated rings. The molecule has 1 aromatic carbocycles. The molecule has 0 aromatic heterocycles. The summed E-state index contributed by atoms with van der Waals surface area (Å²) in [7, 11) is 1.35. The minimum Gasteiger partial charge on any atom is -0.465 e. The molecule has 2 atom stereocenters. The molecule has 0 bridgehead atoms. The van der Waals surface area contributed by atoms with Crippen LogP contribution < -0.4 is 10.6 Å². The van der Waals surface area contributed by atoms with Crippen LogP contribution in [0.25, 0.3) is 0 Å². The maximum Gasteiger partial charge on any atom is 0.337 e. The number of esters is 1. The van der Waals surface area contributed by atoms with Crippen LogP contribution in [0.4, 0.5) is 5.69 Å². The van der Waals surface area contributed by atoms with Crippen molar-refractivity contribution >= 4 is 40.6 Å². The van der Waals surface area contributed by atoms with Crippen molar-refractivity contribution in [3.05, 3.63) is 28.8 Å². The monoisotopic (exact) mass is 397 g/mol. The Bertz CT molecular complexity index is 631. The van der Waals surface area contributed by atoms with Crippen molar-refractivity contribution in [2.45, 2.75) is 26.7 Å². The lowest BCUT2D eigenvalue weighted by Gasteiger charge is -2.35. The Hall–Kier alpha value is -1.37. The zero-order valence-corrected chi connectivity index (χ0v) is 17.3. The van der Waals surface area contributed by atoms with Gasteiger partial charge in [-0.2, -0.15) is 0 Å². The highest BCUT2D eigenvalue weighted by atomic mass is 35.5. The zero-order chi connectivity index (χ0) is 19.1. The van der Waals surface area contributed by atoms with Crippen LogP contribution in [0.1, 0.15) is 37.0 Å². The number of piperidine rings is 1. The van der Waals surface area contributed by atoms with Gasteiger partial charge in [-0.1, -0.05) is 25.4 Å². The lowest BCUT2D eigenvalue weighted by Crippen LogP contribution is -2.40. The van der Waals surface area contributed by atoms with E-state index in [0.29, 0.717) is 21.4 Å². The normalized spacial score (nSPS) is 20.5. The molecule has 1 aliphatic rings. The van der Waals surface area contributed by atoms with Gasteiger partial charge in [0, 0.05) is 19.6 Å². The van der Waals surface area contributed by atoms with E-state index in [-0.39, 0.29) is 0 Å². The summed E-state index contributed by atoms with van der Waals surface area (Å²) in [6.45, 7) is 8.88. The zero-order valence-electron chi connectivity index (χ0n) is 15.7. The number of nitrogens with one attached hydrogen (secondary N) is 2. The predicted molar refractivity (Wildman–Crippen MR) is 111 cm³/mol. The fourth-order valence-electron chi connectivity index (χ4n) is 3.51. The van der Waals surface area contributed by atoms with Gasteiger partial charge in [0.2, 0.25) is 0 Å². The van der Waals surface area contributed by atoms with Gasteiger partial charge in [-0.25, -0.2) is 4.79 Å². The fourth-order valence-corrected chi connectivity index (χ4v) is 3.89. The van der Waals surface area contributed by atoms with Crippen LogP contribution in [0.5, 0.6) is 0 Å².